The molecule has 5 nitrogen and oxygen atoms in total. The van der Waals surface area contributed by atoms with E-state index in [1.165, 1.54) is 18.2 Å². The van der Waals surface area contributed by atoms with E-state index >= 15 is 0 Å². The summed E-state index contributed by atoms with van der Waals surface area (Å²) in [4.78, 5) is 11.7. The van der Waals surface area contributed by atoms with Gasteiger partial charge >= 0.3 is 0 Å². The minimum atomic E-state index is -0.386. The van der Waals surface area contributed by atoms with E-state index in [2.05, 4.69) is 10.5 Å². The van der Waals surface area contributed by atoms with Crippen LogP contribution in [-0.2, 0) is 0 Å². The fourth-order valence-corrected chi connectivity index (χ4v) is 1.44. The van der Waals surface area contributed by atoms with Crippen LogP contribution in [0.1, 0.15) is 16.1 Å². The minimum absolute atomic E-state index is 0.0706. The fraction of sp³-hybridized carbons (Fsp3) is 0.0909. The smallest absolute Gasteiger partial charge is 0.258 e. The Labute approximate surface area is 102 Å². The number of aromatic nitrogens is 1. The van der Waals surface area contributed by atoms with Crippen LogP contribution < -0.4 is 5.32 Å². The van der Waals surface area contributed by atoms with Crippen molar-refractivity contribution >= 4 is 23.4 Å². The summed E-state index contributed by atoms with van der Waals surface area (Å²) < 4.78 is 4.85. The van der Waals surface area contributed by atoms with Crippen molar-refractivity contribution in [2.75, 3.05) is 5.32 Å². The number of hydrogen-bond acceptors (Lipinski definition) is 4. The molecular weight excluding hydrogens is 244 g/mol. The lowest BCUT2D eigenvalue weighted by atomic mass is 10.2. The lowest BCUT2D eigenvalue weighted by molar-refractivity contribution is 0.102. The average Bonchev–Trinajstić information content (AvgIpc) is 2.68. The molecule has 0 radical (unpaired) electrons. The van der Waals surface area contributed by atoms with E-state index in [1.54, 1.807) is 13.0 Å². The van der Waals surface area contributed by atoms with Crippen molar-refractivity contribution in [2.45, 2.75) is 6.92 Å². The molecule has 0 aliphatic carbocycles. The highest BCUT2D eigenvalue weighted by Crippen LogP contribution is 2.24. The van der Waals surface area contributed by atoms with E-state index < -0.39 is 0 Å². The number of amides is 1. The van der Waals surface area contributed by atoms with Crippen molar-refractivity contribution in [2.24, 2.45) is 0 Å². The quantitative estimate of drug-likeness (QED) is 0.861. The zero-order valence-electron chi connectivity index (χ0n) is 8.90. The third kappa shape index (κ3) is 2.57. The van der Waals surface area contributed by atoms with Gasteiger partial charge in [-0.3, -0.25) is 10.1 Å². The molecular formula is C11H9ClN2O3. The molecule has 0 aliphatic heterocycles. The maximum Gasteiger partial charge on any atom is 0.258 e. The number of rotatable bonds is 2. The number of benzene rings is 1. The number of aryl methyl sites for hydroxylation is 1. The van der Waals surface area contributed by atoms with E-state index in [9.17, 15) is 9.90 Å². The molecule has 0 unspecified atom stereocenters. The first kappa shape index (κ1) is 11.5. The molecule has 6 heteroatoms. The van der Waals surface area contributed by atoms with Crippen molar-refractivity contribution in [3.63, 3.8) is 0 Å². The number of carbonyl (C=O) groups is 1. The summed E-state index contributed by atoms with van der Waals surface area (Å²) in [6, 6.07) is 5.78. The molecule has 2 aromatic rings. The van der Waals surface area contributed by atoms with Gasteiger partial charge in [-0.2, -0.15) is 0 Å². The molecule has 0 saturated carbocycles. The Morgan fingerprint density at radius 3 is 2.82 bits per heavy atom. The Morgan fingerprint density at radius 1 is 1.47 bits per heavy atom. The van der Waals surface area contributed by atoms with E-state index in [0.29, 0.717) is 11.3 Å². The molecule has 2 N–H and O–H groups in total. The lowest BCUT2D eigenvalue weighted by Gasteiger charge is -2.02. The monoisotopic (exact) mass is 252 g/mol. The molecule has 0 fully saturated rings. The summed E-state index contributed by atoms with van der Waals surface area (Å²) >= 11 is 5.70. The van der Waals surface area contributed by atoms with Gasteiger partial charge in [-0.15, -0.1) is 0 Å². The Hall–Kier alpha value is -2.01. The van der Waals surface area contributed by atoms with Crippen LogP contribution in [0.5, 0.6) is 5.75 Å². The first-order valence-corrected chi connectivity index (χ1v) is 5.17. The summed E-state index contributed by atoms with van der Waals surface area (Å²) in [7, 11) is 0. The third-order valence-corrected chi connectivity index (χ3v) is 2.38. The number of phenolic OH excluding ortho intramolecular Hbond substituents is 1. The van der Waals surface area contributed by atoms with Gasteiger partial charge < -0.3 is 9.63 Å². The van der Waals surface area contributed by atoms with Gasteiger partial charge in [0.25, 0.3) is 5.91 Å². The first-order valence-electron chi connectivity index (χ1n) is 4.79. The third-order valence-electron chi connectivity index (χ3n) is 2.07. The van der Waals surface area contributed by atoms with Gasteiger partial charge in [0.2, 0.25) is 5.88 Å². The number of phenols is 1. The van der Waals surface area contributed by atoms with Crippen LogP contribution >= 0.6 is 11.6 Å². The predicted molar refractivity (Wildman–Crippen MR) is 62.3 cm³/mol. The fourth-order valence-electron chi connectivity index (χ4n) is 1.25. The largest absolute Gasteiger partial charge is 0.506 e. The Morgan fingerprint density at radius 2 is 2.24 bits per heavy atom. The van der Waals surface area contributed by atoms with Gasteiger partial charge in [0.1, 0.15) is 5.75 Å². The number of hydrogen-bond donors (Lipinski definition) is 2. The van der Waals surface area contributed by atoms with Gasteiger partial charge in [0, 0.05) is 11.6 Å². The molecule has 17 heavy (non-hydrogen) atoms. The van der Waals surface area contributed by atoms with Crippen LogP contribution in [0.25, 0.3) is 0 Å². The first-order chi connectivity index (χ1) is 8.06. The molecule has 0 aliphatic rings. The minimum Gasteiger partial charge on any atom is -0.506 e. The highest BCUT2D eigenvalue weighted by atomic mass is 35.5. The summed E-state index contributed by atoms with van der Waals surface area (Å²) in [5.41, 5.74) is 0.992. The second-order valence-electron chi connectivity index (χ2n) is 3.45. The van der Waals surface area contributed by atoms with Crippen LogP contribution in [-0.4, -0.2) is 16.2 Å². The van der Waals surface area contributed by atoms with Crippen molar-refractivity contribution in [3.8, 4) is 5.75 Å². The molecule has 0 atom stereocenters. The summed E-state index contributed by atoms with van der Waals surface area (Å²) in [6.07, 6.45) is 0. The molecule has 1 aromatic carbocycles. The van der Waals surface area contributed by atoms with Gasteiger partial charge in [-0.05, 0) is 25.1 Å². The topological polar surface area (TPSA) is 75.4 Å². The number of nitrogens with one attached hydrogen (secondary N) is 1. The van der Waals surface area contributed by atoms with Crippen molar-refractivity contribution in [1.82, 2.24) is 5.16 Å². The van der Waals surface area contributed by atoms with Gasteiger partial charge in [0.05, 0.1) is 10.7 Å². The maximum atomic E-state index is 11.7. The zero-order chi connectivity index (χ0) is 12.4. The van der Waals surface area contributed by atoms with Crippen LogP contribution in [0.4, 0.5) is 5.88 Å². The predicted octanol–water partition coefficient (Wildman–Crippen LogP) is 2.59. The maximum absolute atomic E-state index is 11.7. The van der Waals surface area contributed by atoms with E-state index in [4.69, 9.17) is 16.1 Å². The van der Waals surface area contributed by atoms with Crippen LogP contribution in [0, 0.1) is 6.92 Å². The molecule has 88 valence electrons. The van der Waals surface area contributed by atoms with Gasteiger partial charge in [0.15, 0.2) is 0 Å². The molecule has 1 heterocycles. The molecule has 1 amide bonds. The molecule has 0 bridgehead atoms. The highest BCUT2D eigenvalue weighted by Gasteiger charge is 2.10. The average molecular weight is 253 g/mol. The molecule has 0 saturated heterocycles. The zero-order valence-corrected chi connectivity index (χ0v) is 9.65. The normalized spacial score (nSPS) is 10.2. The number of aromatic hydroxyl groups is 1. The van der Waals surface area contributed by atoms with E-state index in [1.807, 2.05) is 0 Å². The number of nitrogens with zero attached hydrogens (tertiary/aromatic N) is 1. The van der Waals surface area contributed by atoms with Crippen LogP contribution in [0.15, 0.2) is 28.8 Å². The Kier molecular flexibility index (Phi) is 3.01. The molecule has 0 spiro atoms. The van der Waals surface area contributed by atoms with Crippen molar-refractivity contribution in [1.29, 1.82) is 0 Å². The summed E-state index contributed by atoms with van der Waals surface area (Å²) in [5.74, 6) is -0.196. The second kappa shape index (κ2) is 4.47. The SMILES string of the molecule is Cc1cc(NC(=O)c2ccc(O)c(Cl)c2)on1. The highest BCUT2D eigenvalue weighted by molar-refractivity contribution is 6.32. The van der Waals surface area contributed by atoms with E-state index in [0.717, 1.165) is 0 Å². The van der Waals surface area contributed by atoms with Crippen molar-refractivity contribution < 1.29 is 14.4 Å². The van der Waals surface area contributed by atoms with Crippen molar-refractivity contribution in [3.05, 3.63) is 40.5 Å². The van der Waals surface area contributed by atoms with Crippen LogP contribution in [0.3, 0.4) is 0 Å². The van der Waals surface area contributed by atoms with Gasteiger partial charge in [-0.1, -0.05) is 16.8 Å². The number of anilines is 1. The lowest BCUT2D eigenvalue weighted by Crippen LogP contribution is -2.11. The summed E-state index contributed by atoms with van der Waals surface area (Å²) in [5, 5.41) is 15.5. The second-order valence-corrected chi connectivity index (χ2v) is 3.86. The Balaban J connectivity index is 2.17. The van der Waals surface area contributed by atoms with Gasteiger partial charge in [-0.25, -0.2) is 0 Å². The Bertz CT molecular complexity index is 566. The number of carbonyl (C=O) groups excluding carboxylic acids is 1. The molecule has 2 rings (SSSR count). The van der Waals surface area contributed by atoms with Crippen LogP contribution in [0.2, 0.25) is 5.02 Å². The van der Waals surface area contributed by atoms with E-state index in [-0.39, 0.29) is 22.6 Å². The number of halogens is 1. The standard InChI is InChI=1S/C11H9ClN2O3/c1-6-4-10(17-14-6)13-11(16)7-2-3-9(15)8(12)5-7/h2-5,15H,1H3,(H,13,16). The summed E-state index contributed by atoms with van der Waals surface area (Å²) in [6.45, 7) is 1.75. The molecule has 1 aromatic heterocycles.